The second kappa shape index (κ2) is 5.17. The Labute approximate surface area is 116 Å². The number of rotatable bonds is 2. The van der Waals surface area contributed by atoms with Crippen LogP contribution in [-0.2, 0) is 11.3 Å². The summed E-state index contributed by atoms with van der Waals surface area (Å²) in [5.41, 5.74) is 3.59. The number of aromatic nitrogens is 2. The summed E-state index contributed by atoms with van der Waals surface area (Å²) < 4.78 is 6.74. The lowest BCUT2D eigenvalue weighted by atomic mass is 10.2. The molecule has 2 aromatic carbocycles. The average Bonchev–Trinajstić information content (AvgIpc) is 2.91. The summed E-state index contributed by atoms with van der Waals surface area (Å²) in [5, 5.41) is 0. The van der Waals surface area contributed by atoms with Crippen LogP contribution in [0.4, 0.5) is 4.79 Å². The molecule has 0 saturated carbocycles. The highest BCUT2D eigenvalue weighted by Crippen LogP contribution is 2.17. The number of para-hydroxylation sites is 1. The Hall–Kier alpha value is -2.62. The number of imidazole rings is 1. The van der Waals surface area contributed by atoms with Crippen molar-refractivity contribution in [1.82, 2.24) is 9.55 Å². The van der Waals surface area contributed by atoms with E-state index < -0.39 is 6.09 Å². The number of ether oxygens (including phenoxy) is 1. The van der Waals surface area contributed by atoms with E-state index in [0.717, 1.165) is 22.2 Å². The Bertz CT molecular complexity index is 748. The Morgan fingerprint density at radius 1 is 1.15 bits per heavy atom. The van der Waals surface area contributed by atoms with Crippen molar-refractivity contribution in [1.29, 1.82) is 0 Å². The lowest BCUT2D eigenvalue weighted by Gasteiger charge is -2.06. The van der Waals surface area contributed by atoms with E-state index in [1.54, 1.807) is 0 Å². The van der Waals surface area contributed by atoms with Gasteiger partial charge in [0, 0.05) is 0 Å². The van der Waals surface area contributed by atoms with Gasteiger partial charge in [0.25, 0.3) is 0 Å². The molecule has 0 aliphatic rings. The highest BCUT2D eigenvalue weighted by atomic mass is 16.5. The summed E-state index contributed by atoms with van der Waals surface area (Å²) in [7, 11) is 0. The minimum Gasteiger partial charge on any atom is -0.444 e. The Balaban J connectivity index is 1.81. The topological polar surface area (TPSA) is 44.1 Å². The molecule has 0 fully saturated rings. The molecule has 100 valence electrons. The van der Waals surface area contributed by atoms with Crippen LogP contribution in [0.3, 0.4) is 0 Å². The van der Waals surface area contributed by atoms with E-state index >= 15 is 0 Å². The summed E-state index contributed by atoms with van der Waals surface area (Å²) in [6.45, 7) is 2.22. The average molecular weight is 266 g/mol. The molecular weight excluding hydrogens is 252 g/mol. The third-order valence-corrected chi connectivity index (χ3v) is 3.18. The number of carbonyl (C=O) groups is 1. The summed E-state index contributed by atoms with van der Waals surface area (Å²) in [5.74, 6) is 0. The predicted molar refractivity (Wildman–Crippen MR) is 76.5 cm³/mol. The maximum Gasteiger partial charge on any atom is 0.420 e. The summed E-state index contributed by atoms with van der Waals surface area (Å²) in [6.07, 6.45) is 1.09. The summed E-state index contributed by atoms with van der Waals surface area (Å²) in [4.78, 5) is 16.4. The molecule has 0 amide bonds. The van der Waals surface area contributed by atoms with Crippen LogP contribution in [0.1, 0.15) is 11.1 Å². The zero-order valence-corrected chi connectivity index (χ0v) is 11.1. The van der Waals surface area contributed by atoms with Gasteiger partial charge < -0.3 is 4.74 Å². The Morgan fingerprint density at radius 3 is 2.75 bits per heavy atom. The van der Waals surface area contributed by atoms with Gasteiger partial charge in [-0.2, -0.15) is 0 Å². The molecule has 1 heterocycles. The van der Waals surface area contributed by atoms with Gasteiger partial charge in [-0.1, -0.05) is 42.5 Å². The first-order valence-corrected chi connectivity index (χ1v) is 6.39. The third kappa shape index (κ3) is 2.28. The van der Waals surface area contributed by atoms with Crippen molar-refractivity contribution in [3.8, 4) is 0 Å². The monoisotopic (exact) mass is 266 g/mol. The van der Waals surface area contributed by atoms with Gasteiger partial charge in [0.1, 0.15) is 12.9 Å². The van der Waals surface area contributed by atoms with E-state index in [1.807, 2.05) is 55.5 Å². The molecule has 0 unspecified atom stereocenters. The van der Waals surface area contributed by atoms with Crippen LogP contribution in [0.15, 0.2) is 54.9 Å². The van der Waals surface area contributed by atoms with Crippen LogP contribution in [-0.4, -0.2) is 15.6 Å². The first-order valence-electron chi connectivity index (χ1n) is 6.39. The molecule has 0 radical (unpaired) electrons. The smallest absolute Gasteiger partial charge is 0.420 e. The SMILES string of the molecule is Cc1cccc2c1ncn2C(=O)OCc1ccccc1. The van der Waals surface area contributed by atoms with Crippen molar-refractivity contribution in [3.63, 3.8) is 0 Å². The maximum absolute atomic E-state index is 12.1. The van der Waals surface area contributed by atoms with Crippen molar-refractivity contribution in [2.45, 2.75) is 13.5 Å². The zero-order chi connectivity index (χ0) is 13.9. The third-order valence-electron chi connectivity index (χ3n) is 3.18. The maximum atomic E-state index is 12.1. The molecular formula is C16H14N2O2. The number of aryl methyl sites for hydroxylation is 1. The fraction of sp³-hybridized carbons (Fsp3) is 0.125. The summed E-state index contributed by atoms with van der Waals surface area (Å²) >= 11 is 0. The second-order valence-electron chi connectivity index (χ2n) is 4.60. The van der Waals surface area contributed by atoms with E-state index in [1.165, 1.54) is 10.9 Å². The first kappa shape index (κ1) is 12.4. The van der Waals surface area contributed by atoms with Crippen LogP contribution in [0.5, 0.6) is 0 Å². The molecule has 0 spiro atoms. The lowest BCUT2D eigenvalue weighted by Crippen LogP contribution is -2.12. The molecule has 0 atom stereocenters. The molecule has 4 heteroatoms. The number of hydrogen-bond acceptors (Lipinski definition) is 3. The minimum absolute atomic E-state index is 0.255. The zero-order valence-electron chi connectivity index (χ0n) is 11.1. The number of nitrogens with zero attached hydrogens (tertiary/aromatic N) is 2. The molecule has 4 nitrogen and oxygen atoms in total. The molecule has 3 rings (SSSR count). The molecule has 3 aromatic rings. The van der Waals surface area contributed by atoms with Crippen LogP contribution >= 0.6 is 0 Å². The van der Waals surface area contributed by atoms with E-state index in [9.17, 15) is 4.79 Å². The van der Waals surface area contributed by atoms with Crippen LogP contribution < -0.4 is 0 Å². The molecule has 0 aliphatic carbocycles. The molecule has 0 bridgehead atoms. The van der Waals surface area contributed by atoms with Gasteiger partial charge >= 0.3 is 6.09 Å². The van der Waals surface area contributed by atoms with Crippen molar-refractivity contribution in [3.05, 3.63) is 66.0 Å². The van der Waals surface area contributed by atoms with Crippen LogP contribution in [0.25, 0.3) is 11.0 Å². The normalized spacial score (nSPS) is 10.7. The van der Waals surface area contributed by atoms with Crippen molar-refractivity contribution in [2.75, 3.05) is 0 Å². The van der Waals surface area contributed by atoms with Crippen molar-refractivity contribution >= 4 is 17.1 Å². The molecule has 0 N–H and O–H groups in total. The van der Waals surface area contributed by atoms with E-state index in [-0.39, 0.29) is 6.61 Å². The van der Waals surface area contributed by atoms with Gasteiger partial charge in [-0.3, -0.25) is 0 Å². The van der Waals surface area contributed by atoms with Gasteiger partial charge in [0.2, 0.25) is 0 Å². The number of fused-ring (bicyclic) bond motifs is 1. The second-order valence-corrected chi connectivity index (χ2v) is 4.60. The standard InChI is InChI=1S/C16H14N2O2/c1-12-6-5-9-14-15(12)17-11-18(14)16(19)20-10-13-7-3-2-4-8-13/h2-9,11H,10H2,1H3. The molecule has 0 aliphatic heterocycles. The van der Waals surface area contributed by atoms with E-state index in [0.29, 0.717) is 0 Å². The highest BCUT2D eigenvalue weighted by molar-refractivity contribution is 5.88. The minimum atomic E-state index is -0.415. The van der Waals surface area contributed by atoms with Crippen molar-refractivity contribution in [2.24, 2.45) is 0 Å². The predicted octanol–water partition coefficient (Wildman–Crippen LogP) is 3.53. The van der Waals surface area contributed by atoms with Gasteiger partial charge in [-0.05, 0) is 24.1 Å². The number of benzene rings is 2. The van der Waals surface area contributed by atoms with Crippen molar-refractivity contribution < 1.29 is 9.53 Å². The molecule has 0 saturated heterocycles. The van der Waals surface area contributed by atoms with Gasteiger partial charge in [0.05, 0.1) is 11.0 Å². The largest absolute Gasteiger partial charge is 0.444 e. The first-order chi connectivity index (χ1) is 9.75. The van der Waals surface area contributed by atoms with Crippen LogP contribution in [0.2, 0.25) is 0 Å². The fourth-order valence-electron chi connectivity index (χ4n) is 2.12. The number of hydrogen-bond donors (Lipinski definition) is 0. The summed E-state index contributed by atoms with van der Waals surface area (Å²) in [6, 6.07) is 15.3. The molecule has 1 aromatic heterocycles. The number of carbonyl (C=O) groups excluding carboxylic acids is 1. The highest BCUT2D eigenvalue weighted by Gasteiger charge is 2.12. The Kier molecular flexibility index (Phi) is 3.21. The van der Waals surface area contributed by atoms with E-state index in [2.05, 4.69) is 4.98 Å². The Morgan fingerprint density at radius 2 is 1.95 bits per heavy atom. The van der Waals surface area contributed by atoms with Gasteiger partial charge in [-0.15, -0.1) is 0 Å². The molecule has 20 heavy (non-hydrogen) atoms. The van der Waals surface area contributed by atoms with Crippen LogP contribution in [0, 0.1) is 6.92 Å². The van der Waals surface area contributed by atoms with Gasteiger partial charge in [-0.25, -0.2) is 14.3 Å². The lowest BCUT2D eigenvalue weighted by molar-refractivity contribution is 0.142. The quantitative estimate of drug-likeness (QED) is 0.712. The fourth-order valence-corrected chi connectivity index (χ4v) is 2.12. The van der Waals surface area contributed by atoms with E-state index in [4.69, 9.17) is 4.74 Å². The van der Waals surface area contributed by atoms with Gasteiger partial charge in [0.15, 0.2) is 0 Å².